The number of rotatable bonds is 4. The van der Waals surface area contributed by atoms with Gasteiger partial charge in [0.15, 0.2) is 0 Å². The molecule has 2 N–H and O–H groups in total. The molecule has 0 radical (unpaired) electrons. The number of hydrogen-bond donors (Lipinski definition) is 1. The molecule has 19 heavy (non-hydrogen) atoms. The van der Waals surface area contributed by atoms with E-state index in [-0.39, 0.29) is 6.04 Å². The normalized spacial score (nSPS) is 12.7. The summed E-state index contributed by atoms with van der Waals surface area (Å²) in [7, 11) is 0. The maximum atomic E-state index is 6.19. The Kier molecular flexibility index (Phi) is 4.31. The molecular formula is C13H18BrN5. The third kappa shape index (κ3) is 3.01. The fourth-order valence-electron chi connectivity index (χ4n) is 1.96. The Balaban J connectivity index is 2.23. The topological polar surface area (TPSA) is 69.6 Å². The second-order valence-corrected chi connectivity index (χ2v) is 5.38. The predicted octanol–water partition coefficient (Wildman–Crippen LogP) is 2.31. The summed E-state index contributed by atoms with van der Waals surface area (Å²) in [6.07, 6.45) is 4.25. The standard InChI is InChI=1S/C13H18BrN5/c1-4-19-11(12(14)9(3)18-19)5-10(15)13-16-6-8(2)7-17-13/h6-7,10H,4-5,15H2,1-3H3. The summed E-state index contributed by atoms with van der Waals surface area (Å²) < 4.78 is 2.99. The molecule has 2 aromatic heterocycles. The molecule has 2 heterocycles. The van der Waals surface area contributed by atoms with Crippen molar-refractivity contribution in [1.29, 1.82) is 0 Å². The zero-order valence-electron chi connectivity index (χ0n) is 11.4. The van der Waals surface area contributed by atoms with Gasteiger partial charge in [0.05, 0.1) is 21.9 Å². The second-order valence-electron chi connectivity index (χ2n) is 4.59. The molecule has 2 aromatic rings. The number of nitrogens with two attached hydrogens (primary N) is 1. The van der Waals surface area contributed by atoms with Crippen molar-refractivity contribution in [1.82, 2.24) is 19.7 Å². The van der Waals surface area contributed by atoms with Crippen LogP contribution in [0.4, 0.5) is 0 Å². The number of halogens is 1. The van der Waals surface area contributed by atoms with E-state index in [0.29, 0.717) is 12.2 Å². The Hall–Kier alpha value is -1.27. The summed E-state index contributed by atoms with van der Waals surface area (Å²) in [5, 5.41) is 4.46. The van der Waals surface area contributed by atoms with Crippen molar-refractivity contribution in [3.8, 4) is 0 Å². The highest BCUT2D eigenvalue weighted by atomic mass is 79.9. The maximum Gasteiger partial charge on any atom is 0.145 e. The highest BCUT2D eigenvalue weighted by molar-refractivity contribution is 9.10. The smallest absolute Gasteiger partial charge is 0.145 e. The Morgan fingerprint density at radius 3 is 2.53 bits per heavy atom. The van der Waals surface area contributed by atoms with Crippen molar-refractivity contribution >= 4 is 15.9 Å². The van der Waals surface area contributed by atoms with Gasteiger partial charge in [0, 0.05) is 25.4 Å². The molecule has 2 rings (SSSR count). The van der Waals surface area contributed by atoms with Crippen LogP contribution in [-0.2, 0) is 13.0 Å². The molecule has 5 nitrogen and oxygen atoms in total. The number of hydrogen-bond acceptors (Lipinski definition) is 4. The van der Waals surface area contributed by atoms with Gasteiger partial charge in [-0.2, -0.15) is 5.10 Å². The van der Waals surface area contributed by atoms with E-state index in [1.54, 1.807) is 12.4 Å². The summed E-state index contributed by atoms with van der Waals surface area (Å²) in [6.45, 7) is 6.83. The van der Waals surface area contributed by atoms with Crippen molar-refractivity contribution in [2.75, 3.05) is 0 Å². The first-order valence-corrected chi connectivity index (χ1v) is 7.08. The van der Waals surface area contributed by atoms with Crippen LogP contribution in [0.5, 0.6) is 0 Å². The molecule has 6 heteroatoms. The molecule has 1 unspecified atom stereocenters. The lowest BCUT2D eigenvalue weighted by atomic mass is 10.1. The first kappa shape index (κ1) is 14.1. The Morgan fingerprint density at radius 1 is 1.32 bits per heavy atom. The van der Waals surface area contributed by atoms with Gasteiger partial charge in [0.2, 0.25) is 0 Å². The minimum atomic E-state index is -0.224. The van der Waals surface area contributed by atoms with Gasteiger partial charge in [0.1, 0.15) is 5.82 Å². The van der Waals surface area contributed by atoms with Crippen LogP contribution in [0.2, 0.25) is 0 Å². The van der Waals surface area contributed by atoms with Crippen LogP contribution in [0.1, 0.15) is 35.7 Å². The van der Waals surface area contributed by atoms with Gasteiger partial charge >= 0.3 is 0 Å². The third-order valence-corrected chi connectivity index (χ3v) is 4.03. The van der Waals surface area contributed by atoms with Crippen LogP contribution in [0.3, 0.4) is 0 Å². The van der Waals surface area contributed by atoms with Crippen molar-refractivity contribution in [2.45, 2.75) is 39.8 Å². The molecule has 0 aliphatic rings. The first-order valence-electron chi connectivity index (χ1n) is 6.28. The van der Waals surface area contributed by atoms with E-state index in [9.17, 15) is 0 Å². The van der Waals surface area contributed by atoms with Crippen LogP contribution < -0.4 is 5.73 Å². The van der Waals surface area contributed by atoms with Crippen LogP contribution in [-0.4, -0.2) is 19.7 Å². The van der Waals surface area contributed by atoms with Crippen molar-refractivity contribution < 1.29 is 0 Å². The van der Waals surface area contributed by atoms with Gasteiger partial charge in [-0.05, 0) is 42.3 Å². The quantitative estimate of drug-likeness (QED) is 0.937. The van der Waals surface area contributed by atoms with Gasteiger partial charge < -0.3 is 5.73 Å². The van der Waals surface area contributed by atoms with Crippen LogP contribution in [0.25, 0.3) is 0 Å². The molecule has 0 amide bonds. The third-order valence-electron chi connectivity index (χ3n) is 3.00. The summed E-state index contributed by atoms with van der Waals surface area (Å²) in [4.78, 5) is 8.57. The average Bonchev–Trinajstić information content (AvgIpc) is 2.67. The predicted molar refractivity (Wildman–Crippen MR) is 77.7 cm³/mol. The average molecular weight is 324 g/mol. The molecule has 102 valence electrons. The van der Waals surface area contributed by atoms with Crippen molar-refractivity contribution in [2.24, 2.45) is 5.73 Å². The number of aromatic nitrogens is 4. The second kappa shape index (κ2) is 5.79. The molecule has 0 saturated heterocycles. The molecule has 0 aliphatic heterocycles. The first-order chi connectivity index (χ1) is 9.02. The van der Waals surface area contributed by atoms with E-state index in [1.807, 2.05) is 18.5 Å². The molecule has 0 saturated carbocycles. The number of aryl methyl sites for hydroxylation is 3. The van der Waals surface area contributed by atoms with Gasteiger partial charge in [-0.15, -0.1) is 0 Å². The van der Waals surface area contributed by atoms with Crippen molar-refractivity contribution in [3.63, 3.8) is 0 Å². The van der Waals surface area contributed by atoms with E-state index < -0.39 is 0 Å². The monoisotopic (exact) mass is 323 g/mol. The highest BCUT2D eigenvalue weighted by Crippen LogP contribution is 2.24. The Labute approximate surface area is 121 Å². The summed E-state index contributed by atoms with van der Waals surface area (Å²) >= 11 is 3.57. The fourth-order valence-corrected chi connectivity index (χ4v) is 2.40. The lowest BCUT2D eigenvalue weighted by molar-refractivity contribution is 0.573. The minimum Gasteiger partial charge on any atom is -0.321 e. The Bertz CT molecular complexity index is 561. The van der Waals surface area contributed by atoms with Gasteiger partial charge in [-0.3, -0.25) is 4.68 Å². The van der Waals surface area contributed by atoms with Crippen LogP contribution in [0, 0.1) is 13.8 Å². The molecular weight excluding hydrogens is 306 g/mol. The summed E-state index contributed by atoms with van der Waals surface area (Å²) in [5.74, 6) is 0.666. The largest absolute Gasteiger partial charge is 0.321 e. The van der Waals surface area contributed by atoms with E-state index in [1.165, 1.54) is 0 Å². The van der Waals surface area contributed by atoms with Gasteiger partial charge in [0.25, 0.3) is 0 Å². The minimum absolute atomic E-state index is 0.224. The molecule has 0 bridgehead atoms. The van der Waals surface area contributed by atoms with E-state index in [0.717, 1.165) is 28.0 Å². The SMILES string of the molecule is CCn1nc(C)c(Br)c1CC(N)c1ncc(C)cn1. The number of nitrogens with zero attached hydrogens (tertiary/aromatic N) is 4. The summed E-state index contributed by atoms with van der Waals surface area (Å²) in [6, 6.07) is -0.224. The van der Waals surface area contributed by atoms with E-state index in [4.69, 9.17) is 5.73 Å². The van der Waals surface area contributed by atoms with Crippen molar-refractivity contribution in [3.05, 3.63) is 39.6 Å². The molecule has 0 aliphatic carbocycles. The van der Waals surface area contributed by atoms with Crippen LogP contribution in [0.15, 0.2) is 16.9 Å². The fraction of sp³-hybridized carbons (Fsp3) is 0.462. The molecule has 0 aromatic carbocycles. The van der Waals surface area contributed by atoms with E-state index >= 15 is 0 Å². The lowest BCUT2D eigenvalue weighted by Gasteiger charge is -2.12. The molecule has 0 spiro atoms. The Morgan fingerprint density at radius 2 is 1.95 bits per heavy atom. The van der Waals surface area contributed by atoms with E-state index in [2.05, 4.69) is 37.9 Å². The zero-order chi connectivity index (χ0) is 14.0. The van der Waals surface area contributed by atoms with Gasteiger partial charge in [-0.25, -0.2) is 9.97 Å². The van der Waals surface area contributed by atoms with Crippen LogP contribution >= 0.6 is 15.9 Å². The lowest BCUT2D eigenvalue weighted by Crippen LogP contribution is -2.19. The highest BCUT2D eigenvalue weighted by Gasteiger charge is 2.17. The zero-order valence-corrected chi connectivity index (χ0v) is 13.0. The molecule has 1 atom stereocenters. The summed E-state index contributed by atoms with van der Waals surface area (Å²) in [5.41, 5.74) is 9.30. The van der Waals surface area contributed by atoms with Gasteiger partial charge in [-0.1, -0.05) is 0 Å². The molecule has 0 fully saturated rings. The maximum absolute atomic E-state index is 6.19.